The maximum Gasteiger partial charge on any atom is 0.326 e. The Balaban J connectivity index is 2.30. The molecule has 0 amide bonds. The van der Waals surface area contributed by atoms with Gasteiger partial charge in [0.25, 0.3) is 0 Å². The molecule has 1 unspecified atom stereocenters. The van der Waals surface area contributed by atoms with Crippen molar-refractivity contribution in [3.05, 3.63) is 21.9 Å². The van der Waals surface area contributed by atoms with E-state index < -0.39 is 22.0 Å². The molecule has 1 aromatic heterocycles. The second kappa shape index (κ2) is 5.83. The minimum atomic E-state index is -3.54. The second-order valence-electron chi connectivity index (χ2n) is 5.40. The van der Waals surface area contributed by atoms with Crippen molar-refractivity contribution in [2.75, 3.05) is 12.3 Å². The van der Waals surface area contributed by atoms with Crippen LogP contribution in [-0.2, 0) is 21.2 Å². The van der Waals surface area contributed by atoms with Crippen molar-refractivity contribution < 1.29 is 18.3 Å². The third-order valence-corrected chi connectivity index (χ3v) is 6.32. The quantitative estimate of drug-likeness (QED) is 0.902. The van der Waals surface area contributed by atoms with Crippen LogP contribution in [0.5, 0.6) is 0 Å². The number of carboxylic acid groups (broad SMARTS) is 1. The Bertz CT molecular complexity index is 591. The van der Waals surface area contributed by atoms with Crippen molar-refractivity contribution in [2.24, 2.45) is 5.92 Å². The fraction of sp³-hybridized carbons (Fsp3) is 0.615. The van der Waals surface area contributed by atoms with Gasteiger partial charge in [-0.2, -0.15) is 4.31 Å². The van der Waals surface area contributed by atoms with E-state index in [1.54, 1.807) is 6.07 Å². The molecule has 0 aromatic carbocycles. The van der Waals surface area contributed by atoms with Gasteiger partial charge >= 0.3 is 5.97 Å². The van der Waals surface area contributed by atoms with Crippen LogP contribution in [0.4, 0.5) is 0 Å². The topological polar surface area (TPSA) is 74.7 Å². The van der Waals surface area contributed by atoms with E-state index in [0.717, 1.165) is 9.18 Å². The van der Waals surface area contributed by atoms with Crippen LogP contribution in [0.25, 0.3) is 0 Å². The smallest absolute Gasteiger partial charge is 0.326 e. The lowest BCUT2D eigenvalue weighted by atomic mass is 10.0. The van der Waals surface area contributed by atoms with Gasteiger partial charge in [-0.25, -0.2) is 8.42 Å². The third kappa shape index (κ3) is 3.05. The van der Waals surface area contributed by atoms with Crippen LogP contribution in [0.15, 0.2) is 11.4 Å². The molecule has 1 aliphatic heterocycles. The predicted molar refractivity (Wildman–Crippen MR) is 78.3 cm³/mol. The van der Waals surface area contributed by atoms with E-state index >= 15 is 0 Å². The zero-order valence-corrected chi connectivity index (χ0v) is 13.2. The summed E-state index contributed by atoms with van der Waals surface area (Å²) in [4.78, 5) is 12.5. The number of hydrogen-bond donors (Lipinski definition) is 1. The number of nitrogens with zero attached hydrogens (tertiary/aromatic N) is 1. The summed E-state index contributed by atoms with van der Waals surface area (Å²) in [5.74, 6) is -0.819. The van der Waals surface area contributed by atoms with Crippen LogP contribution in [0.1, 0.15) is 36.8 Å². The van der Waals surface area contributed by atoms with Gasteiger partial charge in [-0.05, 0) is 35.8 Å². The fourth-order valence-electron chi connectivity index (χ4n) is 2.35. The number of hydrogen-bond acceptors (Lipinski definition) is 4. The van der Waals surface area contributed by atoms with Gasteiger partial charge in [-0.15, -0.1) is 11.3 Å². The van der Waals surface area contributed by atoms with Gasteiger partial charge in [-0.1, -0.05) is 13.8 Å². The van der Waals surface area contributed by atoms with Crippen LogP contribution >= 0.6 is 11.3 Å². The first-order valence-electron chi connectivity index (χ1n) is 6.61. The highest BCUT2D eigenvalue weighted by atomic mass is 32.2. The summed E-state index contributed by atoms with van der Waals surface area (Å²) in [7, 11) is -3.54. The van der Waals surface area contributed by atoms with Gasteiger partial charge in [0.1, 0.15) is 6.04 Å². The Morgan fingerprint density at radius 1 is 1.55 bits per heavy atom. The maximum atomic E-state index is 12.4. The van der Waals surface area contributed by atoms with Crippen LogP contribution in [0, 0.1) is 5.92 Å². The Hall–Kier alpha value is -0.920. The van der Waals surface area contributed by atoms with E-state index in [1.807, 2.05) is 19.2 Å². The first kappa shape index (κ1) is 15.5. The number of sulfonamides is 1. The second-order valence-corrected chi connectivity index (χ2v) is 8.44. The standard InChI is InChI=1S/C13H19NO4S2/c1-9(2)5-8-20(17,18)14-6-3-11-10(4-7-19-11)12(14)13(15)16/h4,7,9,12H,3,5-6,8H2,1-2H3,(H,15,16). The summed E-state index contributed by atoms with van der Waals surface area (Å²) in [5, 5.41) is 11.2. The van der Waals surface area contributed by atoms with Crippen LogP contribution in [0.3, 0.4) is 0 Å². The molecule has 2 rings (SSSR count). The van der Waals surface area contributed by atoms with Gasteiger partial charge in [-0.3, -0.25) is 4.79 Å². The molecule has 1 aliphatic rings. The van der Waals surface area contributed by atoms with Crippen LogP contribution in [-0.4, -0.2) is 36.1 Å². The summed E-state index contributed by atoms with van der Waals surface area (Å²) < 4.78 is 26.0. The number of carbonyl (C=O) groups is 1. The normalized spacial score (nSPS) is 20.1. The molecule has 112 valence electrons. The molecule has 1 N–H and O–H groups in total. The molecule has 1 aromatic rings. The van der Waals surface area contributed by atoms with Crippen molar-refractivity contribution in [1.82, 2.24) is 4.31 Å². The molecule has 20 heavy (non-hydrogen) atoms. The Morgan fingerprint density at radius 3 is 2.85 bits per heavy atom. The number of carboxylic acids is 1. The van der Waals surface area contributed by atoms with Gasteiger partial charge in [0.15, 0.2) is 0 Å². The molecule has 0 bridgehead atoms. The van der Waals surface area contributed by atoms with Gasteiger partial charge in [0.2, 0.25) is 10.0 Å². The van der Waals surface area contributed by atoms with Crippen LogP contribution < -0.4 is 0 Å². The minimum absolute atomic E-state index is 0.00785. The number of aliphatic carboxylic acids is 1. The number of fused-ring (bicyclic) bond motifs is 1. The van der Waals surface area contributed by atoms with Crippen molar-refractivity contribution in [1.29, 1.82) is 0 Å². The molecular formula is C13H19NO4S2. The molecule has 2 heterocycles. The highest BCUT2D eigenvalue weighted by Crippen LogP contribution is 2.35. The van der Waals surface area contributed by atoms with E-state index in [0.29, 0.717) is 18.4 Å². The molecule has 0 saturated heterocycles. The molecule has 1 atom stereocenters. The zero-order chi connectivity index (χ0) is 14.9. The monoisotopic (exact) mass is 317 g/mol. The molecule has 7 heteroatoms. The van der Waals surface area contributed by atoms with Crippen molar-refractivity contribution >= 4 is 27.3 Å². The van der Waals surface area contributed by atoms with E-state index in [-0.39, 0.29) is 18.2 Å². The highest BCUT2D eigenvalue weighted by Gasteiger charge is 2.40. The molecular weight excluding hydrogens is 298 g/mol. The molecule has 5 nitrogen and oxygen atoms in total. The first-order valence-corrected chi connectivity index (χ1v) is 9.10. The molecule has 0 saturated carbocycles. The average Bonchev–Trinajstić information content (AvgIpc) is 2.83. The highest BCUT2D eigenvalue weighted by molar-refractivity contribution is 7.89. The van der Waals surface area contributed by atoms with Gasteiger partial charge in [0, 0.05) is 11.4 Å². The average molecular weight is 317 g/mol. The minimum Gasteiger partial charge on any atom is -0.480 e. The maximum absolute atomic E-state index is 12.4. The fourth-order valence-corrected chi connectivity index (χ4v) is 5.15. The summed E-state index contributed by atoms with van der Waals surface area (Å²) in [6.45, 7) is 4.17. The Labute approximate surface area is 123 Å². The molecule has 0 radical (unpaired) electrons. The van der Waals surface area contributed by atoms with Gasteiger partial charge < -0.3 is 5.11 Å². The molecule has 0 fully saturated rings. The lowest BCUT2D eigenvalue weighted by Gasteiger charge is -2.32. The molecule has 0 spiro atoms. The molecule has 0 aliphatic carbocycles. The summed E-state index contributed by atoms with van der Waals surface area (Å²) in [5.41, 5.74) is 0.627. The lowest BCUT2D eigenvalue weighted by Crippen LogP contribution is -2.44. The lowest BCUT2D eigenvalue weighted by molar-refractivity contribution is -0.142. The van der Waals surface area contributed by atoms with Crippen LogP contribution in [0.2, 0.25) is 0 Å². The number of rotatable bonds is 5. The van der Waals surface area contributed by atoms with Crippen molar-refractivity contribution in [3.8, 4) is 0 Å². The summed E-state index contributed by atoms with van der Waals surface area (Å²) >= 11 is 1.49. The predicted octanol–water partition coefficient (Wildman–Crippen LogP) is 2.11. The van der Waals surface area contributed by atoms with E-state index in [4.69, 9.17) is 0 Å². The first-order chi connectivity index (χ1) is 9.33. The zero-order valence-electron chi connectivity index (χ0n) is 11.6. The SMILES string of the molecule is CC(C)CCS(=O)(=O)N1CCc2sccc2C1C(=O)O. The summed E-state index contributed by atoms with van der Waals surface area (Å²) in [6, 6.07) is 0.658. The van der Waals surface area contributed by atoms with Crippen molar-refractivity contribution in [2.45, 2.75) is 32.7 Å². The summed E-state index contributed by atoms with van der Waals surface area (Å²) in [6.07, 6.45) is 1.14. The number of thiophene rings is 1. The van der Waals surface area contributed by atoms with E-state index in [1.165, 1.54) is 11.3 Å². The van der Waals surface area contributed by atoms with Gasteiger partial charge in [0.05, 0.1) is 5.75 Å². The van der Waals surface area contributed by atoms with Crippen molar-refractivity contribution in [3.63, 3.8) is 0 Å². The van der Waals surface area contributed by atoms with E-state index in [2.05, 4.69) is 0 Å². The Morgan fingerprint density at radius 2 is 2.25 bits per heavy atom. The van der Waals surface area contributed by atoms with E-state index in [9.17, 15) is 18.3 Å². The Kier molecular flexibility index (Phi) is 4.51. The largest absolute Gasteiger partial charge is 0.480 e. The third-order valence-electron chi connectivity index (χ3n) is 3.47.